The number of rotatable bonds is 7. The molecule has 0 bridgehead atoms. The Morgan fingerprint density at radius 1 is 0.946 bits per heavy atom. The van der Waals surface area contributed by atoms with Crippen LogP contribution in [0.3, 0.4) is 0 Å². The Hall–Kier alpha value is -3.65. The number of carbonyl (C=O) groups excluding carboxylic acids is 1. The molecule has 0 fully saturated rings. The molecule has 0 aliphatic heterocycles. The van der Waals surface area contributed by atoms with Crippen molar-refractivity contribution in [2.45, 2.75) is 54.1 Å². The minimum Gasteiger partial charge on any atom is -0.329 e. The number of anilines is 1. The van der Waals surface area contributed by atoms with Gasteiger partial charge >= 0.3 is 0 Å². The number of hydrogen-bond donors (Lipinski definition) is 1. The lowest BCUT2D eigenvalue weighted by molar-refractivity contribution is 0.0683. The predicted octanol–water partition coefficient (Wildman–Crippen LogP) is 5.68. The van der Waals surface area contributed by atoms with Gasteiger partial charge in [0, 0.05) is 17.3 Å². The van der Waals surface area contributed by atoms with E-state index in [4.69, 9.17) is 4.98 Å². The van der Waals surface area contributed by atoms with Gasteiger partial charge in [-0.25, -0.2) is 13.4 Å². The van der Waals surface area contributed by atoms with Crippen LogP contribution < -0.4 is 4.72 Å². The van der Waals surface area contributed by atoms with E-state index in [2.05, 4.69) is 4.72 Å². The Morgan fingerprint density at radius 2 is 1.57 bits per heavy atom. The summed E-state index contributed by atoms with van der Waals surface area (Å²) in [6.45, 7) is 12.3. The maximum atomic E-state index is 13.9. The average Bonchev–Trinajstić information content (AvgIpc) is 3.13. The number of fused-ring (bicyclic) bond motifs is 1. The van der Waals surface area contributed by atoms with E-state index < -0.39 is 10.0 Å². The molecule has 0 unspecified atom stereocenters. The molecule has 1 N–H and O–H groups in total. The van der Waals surface area contributed by atoms with Crippen LogP contribution in [0.2, 0.25) is 0 Å². The molecule has 8 heteroatoms. The molecule has 194 valence electrons. The molecule has 0 aliphatic carbocycles. The number of imidazole rings is 1. The molecule has 0 saturated carbocycles. The lowest BCUT2D eigenvalue weighted by atomic mass is 9.98. The molecule has 1 heterocycles. The van der Waals surface area contributed by atoms with Crippen molar-refractivity contribution in [3.63, 3.8) is 0 Å². The quantitative estimate of drug-likeness (QED) is 0.341. The predicted molar refractivity (Wildman–Crippen MR) is 150 cm³/mol. The van der Waals surface area contributed by atoms with E-state index >= 15 is 0 Å². The molecule has 0 atom stereocenters. The van der Waals surface area contributed by atoms with Gasteiger partial charge in [-0.2, -0.15) is 0 Å². The summed E-state index contributed by atoms with van der Waals surface area (Å²) in [5.41, 5.74) is 7.73. The Kier molecular flexibility index (Phi) is 7.15. The van der Waals surface area contributed by atoms with Crippen LogP contribution in [-0.4, -0.2) is 41.1 Å². The minimum absolute atomic E-state index is 0.0352. The summed E-state index contributed by atoms with van der Waals surface area (Å²) in [7, 11) is -3.43. The smallest absolute Gasteiger partial charge is 0.255 e. The van der Waals surface area contributed by atoms with Crippen molar-refractivity contribution in [2.24, 2.45) is 0 Å². The number of nitrogens with one attached hydrogen (secondary N) is 1. The Morgan fingerprint density at radius 3 is 2.14 bits per heavy atom. The van der Waals surface area contributed by atoms with Crippen LogP contribution in [0.1, 0.15) is 52.3 Å². The maximum Gasteiger partial charge on any atom is 0.255 e. The van der Waals surface area contributed by atoms with E-state index in [9.17, 15) is 13.2 Å². The number of amides is 1. The summed E-state index contributed by atoms with van der Waals surface area (Å²) in [5.74, 6) is 0.659. The normalized spacial score (nSPS) is 11.8. The molecule has 0 aliphatic rings. The molecular formula is C29H34N4O3S. The molecule has 4 aromatic rings. The van der Waals surface area contributed by atoms with Gasteiger partial charge in [0.05, 0.1) is 29.5 Å². The van der Waals surface area contributed by atoms with Crippen LogP contribution in [0, 0.1) is 27.7 Å². The van der Waals surface area contributed by atoms with Crippen LogP contribution in [0.5, 0.6) is 0 Å². The van der Waals surface area contributed by atoms with Gasteiger partial charge in [0.2, 0.25) is 10.0 Å². The Balaban J connectivity index is 1.85. The number of hydrogen-bond acceptors (Lipinski definition) is 4. The van der Waals surface area contributed by atoms with Gasteiger partial charge in [-0.15, -0.1) is 0 Å². The molecule has 1 amide bonds. The van der Waals surface area contributed by atoms with Crippen LogP contribution in [0.25, 0.3) is 16.7 Å². The second-order valence-electron chi connectivity index (χ2n) is 10.1. The average molecular weight is 519 g/mol. The first-order chi connectivity index (χ1) is 17.3. The molecule has 4 rings (SSSR count). The van der Waals surface area contributed by atoms with Gasteiger partial charge in [-0.3, -0.25) is 14.1 Å². The summed E-state index contributed by atoms with van der Waals surface area (Å²) in [6.07, 6.45) is 1.12. The van der Waals surface area contributed by atoms with Crippen molar-refractivity contribution in [3.8, 4) is 5.69 Å². The van der Waals surface area contributed by atoms with Crippen molar-refractivity contribution < 1.29 is 13.2 Å². The largest absolute Gasteiger partial charge is 0.329 e. The Labute approximate surface area is 219 Å². The number of carbonyl (C=O) groups is 1. The van der Waals surface area contributed by atoms with Crippen molar-refractivity contribution in [1.82, 2.24) is 14.5 Å². The SMILES string of the molecule is Cc1ccc(-n2c(CN(C(=O)c3c(C)cc(C)cc3C)C(C)C)nc3cc(NS(C)(=O)=O)ccc32)cc1. The number of nitrogens with zero attached hydrogens (tertiary/aromatic N) is 3. The van der Waals surface area contributed by atoms with E-state index in [1.54, 1.807) is 12.1 Å². The first-order valence-electron chi connectivity index (χ1n) is 12.3. The van der Waals surface area contributed by atoms with Gasteiger partial charge in [0.25, 0.3) is 5.91 Å². The highest BCUT2D eigenvalue weighted by Crippen LogP contribution is 2.27. The van der Waals surface area contributed by atoms with Crippen LogP contribution in [0.15, 0.2) is 54.6 Å². The van der Waals surface area contributed by atoms with Crippen LogP contribution in [0.4, 0.5) is 5.69 Å². The van der Waals surface area contributed by atoms with Gasteiger partial charge < -0.3 is 4.90 Å². The number of aromatic nitrogens is 2. The fourth-order valence-corrected chi connectivity index (χ4v) is 5.35. The second-order valence-corrected chi connectivity index (χ2v) is 11.8. The molecule has 0 saturated heterocycles. The van der Waals surface area contributed by atoms with E-state index in [-0.39, 0.29) is 11.9 Å². The molecule has 0 radical (unpaired) electrons. The zero-order valence-electron chi connectivity index (χ0n) is 22.5. The lowest BCUT2D eigenvalue weighted by Gasteiger charge is -2.28. The molecule has 1 aromatic heterocycles. The Bertz CT molecular complexity index is 1560. The molecule has 3 aromatic carbocycles. The maximum absolute atomic E-state index is 13.9. The van der Waals surface area contributed by atoms with E-state index in [0.29, 0.717) is 23.6 Å². The van der Waals surface area contributed by atoms with E-state index in [1.807, 2.05) is 93.5 Å². The zero-order valence-corrected chi connectivity index (χ0v) is 23.3. The first-order valence-corrected chi connectivity index (χ1v) is 14.2. The van der Waals surface area contributed by atoms with Gasteiger partial charge in [-0.05, 0) is 83.0 Å². The summed E-state index contributed by atoms with van der Waals surface area (Å²) in [6, 6.07) is 17.4. The van der Waals surface area contributed by atoms with Gasteiger partial charge in [-0.1, -0.05) is 35.4 Å². The highest BCUT2D eigenvalue weighted by atomic mass is 32.2. The van der Waals surface area contributed by atoms with E-state index in [0.717, 1.165) is 45.3 Å². The highest BCUT2D eigenvalue weighted by molar-refractivity contribution is 7.92. The first kappa shape index (κ1) is 26.4. The fourth-order valence-electron chi connectivity index (χ4n) is 4.80. The zero-order chi connectivity index (χ0) is 27.1. The van der Waals surface area contributed by atoms with Gasteiger partial charge in [0.15, 0.2) is 0 Å². The summed E-state index contributed by atoms with van der Waals surface area (Å²) >= 11 is 0. The van der Waals surface area contributed by atoms with Gasteiger partial charge in [0.1, 0.15) is 5.82 Å². The van der Waals surface area contributed by atoms with Crippen LogP contribution in [-0.2, 0) is 16.6 Å². The van der Waals surface area contributed by atoms with Crippen molar-refractivity contribution in [2.75, 3.05) is 11.0 Å². The molecule has 37 heavy (non-hydrogen) atoms. The number of sulfonamides is 1. The highest BCUT2D eigenvalue weighted by Gasteiger charge is 2.25. The van der Waals surface area contributed by atoms with E-state index in [1.165, 1.54) is 0 Å². The third-order valence-electron chi connectivity index (χ3n) is 6.41. The summed E-state index contributed by atoms with van der Waals surface area (Å²) in [5, 5.41) is 0. The second kappa shape index (κ2) is 10.0. The third kappa shape index (κ3) is 5.69. The topological polar surface area (TPSA) is 84.3 Å². The summed E-state index contributed by atoms with van der Waals surface area (Å²) < 4.78 is 28.1. The summed E-state index contributed by atoms with van der Waals surface area (Å²) in [4.78, 5) is 20.6. The molecular weight excluding hydrogens is 484 g/mol. The third-order valence-corrected chi connectivity index (χ3v) is 7.01. The lowest BCUT2D eigenvalue weighted by Crippen LogP contribution is -2.38. The van der Waals surface area contributed by atoms with Crippen molar-refractivity contribution >= 4 is 32.7 Å². The number of aryl methyl sites for hydroxylation is 4. The fraction of sp³-hybridized carbons (Fsp3) is 0.310. The number of benzene rings is 3. The van der Waals surface area contributed by atoms with Crippen molar-refractivity contribution in [1.29, 1.82) is 0 Å². The minimum atomic E-state index is -3.43. The standard InChI is InChI=1S/C29H34N4O3S/c1-18(2)32(29(34)28-21(5)14-20(4)15-22(28)6)17-27-30-25-16-23(31-37(7,35)36)10-13-26(25)33(27)24-11-8-19(3)9-12-24/h8-16,18,31H,17H2,1-7H3. The molecule has 7 nitrogen and oxygen atoms in total. The van der Waals surface area contributed by atoms with Crippen LogP contribution >= 0.6 is 0 Å². The monoisotopic (exact) mass is 518 g/mol. The van der Waals surface area contributed by atoms with Crippen molar-refractivity contribution in [3.05, 3.63) is 88.2 Å². The molecule has 0 spiro atoms.